The first-order valence-electron chi connectivity index (χ1n) is 8.02. The van der Waals surface area contributed by atoms with Crippen molar-refractivity contribution in [3.8, 4) is 0 Å². The van der Waals surface area contributed by atoms with Gasteiger partial charge in [0.1, 0.15) is 0 Å². The molecule has 0 aromatic heterocycles. The Bertz CT molecular complexity index is 301. The van der Waals surface area contributed by atoms with Crippen LogP contribution in [-0.2, 0) is 9.47 Å². The topological polar surface area (TPSA) is 18.5 Å². The third-order valence-corrected chi connectivity index (χ3v) is 6.50. The van der Waals surface area contributed by atoms with Gasteiger partial charge in [-0.05, 0) is 37.8 Å². The average molecular weight is 345 g/mol. The number of halogens is 4. The summed E-state index contributed by atoms with van der Waals surface area (Å²) >= 11 is 0. The SMILES string of the molecule is COC1CCCC(PC2CCCCC2OC)C1.F[B-](F)(F)F. The highest BCUT2D eigenvalue weighted by Gasteiger charge is 2.30. The Morgan fingerprint density at radius 3 is 2.09 bits per heavy atom. The maximum absolute atomic E-state index is 9.75. The van der Waals surface area contributed by atoms with Gasteiger partial charge >= 0.3 is 7.25 Å². The summed E-state index contributed by atoms with van der Waals surface area (Å²) in [6.45, 7) is 0. The summed E-state index contributed by atoms with van der Waals surface area (Å²) in [5.41, 5.74) is 1.75. The third kappa shape index (κ3) is 8.69. The molecule has 0 amide bonds. The zero-order valence-electron chi connectivity index (χ0n) is 13.4. The summed E-state index contributed by atoms with van der Waals surface area (Å²) in [4.78, 5) is 0. The molecule has 2 saturated carbocycles. The van der Waals surface area contributed by atoms with Crippen molar-refractivity contribution in [3.63, 3.8) is 0 Å². The van der Waals surface area contributed by atoms with Crippen LogP contribution in [0, 0.1) is 0 Å². The van der Waals surface area contributed by atoms with Crippen molar-refractivity contribution >= 4 is 15.8 Å². The fraction of sp³-hybridized carbons (Fsp3) is 1.00. The number of rotatable bonds is 4. The highest BCUT2D eigenvalue weighted by Crippen LogP contribution is 2.43. The van der Waals surface area contributed by atoms with Crippen LogP contribution >= 0.6 is 8.58 Å². The molecule has 0 N–H and O–H groups in total. The van der Waals surface area contributed by atoms with Gasteiger partial charge in [0, 0.05) is 19.9 Å². The fourth-order valence-corrected chi connectivity index (χ4v) is 5.65. The van der Waals surface area contributed by atoms with Crippen molar-refractivity contribution in [2.75, 3.05) is 14.2 Å². The summed E-state index contributed by atoms with van der Waals surface area (Å²) in [6, 6.07) is 0. The second kappa shape index (κ2) is 10.1. The monoisotopic (exact) mass is 345 g/mol. The summed E-state index contributed by atoms with van der Waals surface area (Å²) < 4.78 is 50.2. The third-order valence-electron chi connectivity index (χ3n) is 4.41. The molecule has 0 heterocycles. The quantitative estimate of drug-likeness (QED) is 0.411. The van der Waals surface area contributed by atoms with E-state index in [0.29, 0.717) is 12.2 Å². The van der Waals surface area contributed by atoms with Gasteiger partial charge in [-0.2, -0.15) is 0 Å². The van der Waals surface area contributed by atoms with Gasteiger partial charge in [-0.25, -0.2) is 0 Å². The standard InChI is InChI=1S/C14H27O2P.BF4/c1-15-11-6-5-7-12(10-11)17-14-9-4-3-8-13(14)16-2;2-1(3,4)5/h11-14,17H,3-10H2,1-2H3;/q;-1. The minimum atomic E-state index is -6.00. The van der Waals surface area contributed by atoms with Crippen molar-refractivity contribution in [3.05, 3.63) is 0 Å². The lowest BCUT2D eigenvalue weighted by molar-refractivity contribution is 0.0684. The highest BCUT2D eigenvalue weighted by atomic mass is 31.1. The van der Waals surface area contributed by atoms with Gasteiger partial charge in [0.05, 0.1) is 12.2 Å². The molecule has 2 rings (SSSR count). The Kier molecular flexibility index (Phi) is 9.26. The Hall–Kier alpha value is 0.135. The maximum Gasteiger partial charge on any atom is 0.673 e. The molecule has 0 saturated heterocycles. The average Bonchev–Trinajstić information content (AvgIpc) is 2.46. The van der Waals surface area contributed by atoms with E-state index in [2.05, 4.69) is 0 Å². The van der Waals surface area contributed by atoms with E-state index in [1.165, 1.54) is 51.4 Å². The van der Waals surface area contributed by atoms with Crippen LogP contribution in [0.5, 0.6) is 0 Å². The molecule has 5 atom stereocenters. The van der Waals surface area contributed by atoms with Gasteiger partial charge in [0.25, 0.3) is 0 Å². The van der Waals surface area contributed by atoms with Crippen LogP contribution in [0.4, 0.5) is 17.3 Å². The second-order valence-electron chi connectivity index (χ2n) is 6.05. The number of hydrogen-bond donors (Lipinski definition) is 0. The van der Waals surface area contributed by atoms with E-state index < -0.39 is 7.25 Å². The smallest absolute Gasteiger partial charge is 0.418 e. The molecule has 2 fully saturated rings. The van der Waals surface area contributed by atoms with Crippen LogP contribution in [0.25, 0.3) is 0 Å². The molecule has 8 heteroatoms. The second-order valence-corrected chi connectivity index (χ2v) is 7.94. The molecule has 132 valence electrons. The van der Waals surface area contributed by atoms with Crippen molar-refractivity contribution in [1.29, 1.82) is 0 Å². The summed E-state index contributed by atoms with van der Waals surface area (Å²) in [7, 11) is -1.13. The van der Waals surface area contributed by atoms with Crippen LogP contribution in [0.1, 0.15) is 51.4 Å². The van der Waals surface area contributed by atoms with E-state index in [1.54, 1.807) is 0 Å². The van der Waals surface area contributed by atoms with Crippen LogP contribution < -0.4 is 0 Å². The molecule has 2 aliphatic rings. The minimum absolute atomic E-state index is 0.533. The van der Waals surface area contributed by atoms with Crippen LogP contribution in [0.2, 0.25) is 0 Å². The zero-order valence-corrected chi connectivity index (χ0v) is 14.4. The van der Waals surface area contributed by atoms with Crippen molar-refractivity contribution < 1.29 is 26.7 Å². The molecule has 0 aromatic rings. The van der Waals surface area contributed by atoms with Crippen molar-refractivity contribution in [1.82, 2.24) is 0 Å². The molecule has 5 unspecified atom stereocenters. The van der Waals surface area contributed by atoms with E-state index in [9.17, 15) is 17.3 Å². The van der Waals surface area contributed by atoms with E-state index in [0.717, 1.165) is 19.9 Å². The molecule has 0 aromatic carbocycles. The molecule has 2 aliphatic carbocycles. The first kappa shape index (κ1) is 20.2. The van der Waals surface area contributed by atoms with E-state index in [4.69, 9.17) is 9.47 Å². The summed E-state index contributed by atoms with van der Waals surface area (Å²) in [5, 5.41) is 0. The lowest BCUT2D eigenvalue weighted by Crippen LogP contribution is -2.31. The fourth-order valence-electron chi connectivity index (χ4n) is 3.38. The first-order valence-corrected chi connectivity index (χ1v) is 9.18. The highest BCUT2D eigenvalue weighted by molar-refractivity contribution is 7.39. The van der Waals surface area contributed by atoms with Gasteiger partial charge in [-0.1, -0.05) is 19.3 Å². The first-order chi connectivity index (χ1) is 10.3. The number of hydrogen-bond acceptors (Lipinski definition) is 2. The Morgan fingerprint density at radius 2 is 1.50 bits per heavy atom. The molecule has 2 nitrogen and oxygen atoms in total. The van der Waals surface area contributed by atoms with Gasteiger partial charge in [0.2, 0.25) is 0 Å². The van der Waals surface area contributed by atoms with Crippen LogP contribution in [0.15, 0.2) is 0 Å². The molecule has 22 heavy (non-hydrogen) atoms. The molecule has 0 spiro atoms. The molecule has 0 bridgehead atoms. The lowest BCUT2D eigenvalue weighted by atomic mass is 9.96. The molecule has 0 aliphatic heterocycles. The van der Waals surface area contributed by atoms with Crippen molar-refractivity contribution in [2.45, 2.75) is 74.9 Å². The predicted octanol–water partition coefficient (Wildman–Crippen LogP) is 4.88. The van der Waals surface area contributed by atoms with Gasteiger partial charge in [-0.3, -0.25) is 0 Å². The molecular formula is C14H27BF4O2P-. The van der Waals surface area contributed by atoms with Gasteiger partial charge in [0.15, 0.2) is 0 Å². The van der Waals surface area contributed by atoms with E-state index in [-0.39, 0.29) is 0 Å². The number of methoxy groups -OCH3 is 2. The van der Waals surface area contributed by atoms with E-state index in [1.807, 2.05) is 14.2 Å². The Labute approximate surface area is 132 Å². The maximum atomic E-state index is 9.75. The number of ether oxygens (including phenoxy) is 2. The normalized spacial score (nSPS) is 33.5. The predicted molar refractivity (Wildman–Crippen MR) is 84.6 cm³/mol. The summed E-state index contributed by atoms with van der Waals surface area (Å²) in [6.07, 6.45) is 11.9. The Balaban J connectivity index is 0.000000422. The molecule has 0 radical (unpaired) electrons. The van der Waals surface area contributed by atoms with Gasteiger partial charge < -0.3 is 26.7 Å². The minimum Gasteiger partial charge on any atom is -0.418 e. The van der Waals surface area contributed by atoms with Crippen LogP contribution in [-0.4, -0.2) is 45.0 Å². The lowest BCUT2D eigenvalue weighted by Gasteiger charge is -2.36. The molecular weight excluding hydrogens is 318 g/mol. The van der Waals surface area contributed by atoms with Gasteiger partial charge in [-0.15, -0.1) is 8.58 Å². The zero-order chi connectivity index (χ0) is 16.6. The summed E-state index contributed by atoms with van der Waals surface area (Å²) in [5.74, 6) is 0. The van der Waals surface area contributed by atoms with Crippen LogP contribution in [0.3, 0.4) is 0 Å². The van der Waals surface area contributed by atoms with E-state index >= 15 is 0 Å². The Morgan fingerprint density at radius 1 is 0.864 bits per heavy atom. The van der Waals surface area contributed by atoms with Crippen molar-refractivity contribution in [2.24, 2.45) is 0 Å². The largest absolute Gasteiger partial charge is 0.673 e.